The van der Waals surface area contributed by atoms with Crippen LogP contribution in [0.5, 0.6) is 0 Å². The van der Waals surface area contributed by atoms with E-state index >= 15 is 0 Å². The number of benzene rings is 2. The molecule has 0 aliphatic carbocycles. The maximum atomic E-state index is 12.1. The second-order valence-corrected chi connectivity index (χ2v) is 5.67. The molecular formula is C19H20N2O2. The van der Waals surface area contributed by atoms with Crippen LogP contribution in [0.4, 0.5) is 5.69 Å². The Balaban J connectivity index is 2.00. The molecule has 0 aromatic heterocycles. The van der Waals surface area contributed by atoms with Crippen LogP contribution in [0.15, 0.2) is 59.7 Å². The highest BCUT2D eigenvalue weighted by molar-refractivity contribution is 6.02. The maximum absolute atomic E-state index is 12.1. The Kier molecular flexibility index (Phi) is 4.42. The summed E-state index contributed by atoms with van der Waals surface area (Å²) in [5, 5.41) is 6.54. The van der Waals surface area contributed by atoms with Crippen molar-refractivity contribution < 1.29 is 9.53 Å². The standard InChI is InChI=1S/C19H20N2O2/c1-14-8-10-16(11-9-14)21-18(19(22)23-2)13-12-17(20-21)15-6-4-3-5-7-15/h3-11,18H,12-13H2,1-2H3. The molecule has 3 rings (SSSR count). The second kappa shape index (κ2) is 6.65. The van der Waals surface area contributed by atoms with Crippen molar-refractivity contribution >= 4 is 17.4 Å². The van der Waals surface area contributed by atoms with Crippen LogP contribution in [-0.4, -0.2) is 24.8 Å². The van der Waals surface area contributed by atoms with Crippen LogP contribution < -0.4 is 5.01 Å². The summed E-state index contributed by atoms with van der Waals surface area (Å²) in [6, 6.07) is 17.7. The number of nitrogens with zero attached hydrogens (tertiary/aromatic N) is 2. The van der Waals surface area contributed by atoms with Crippen LogP contribution in [-0.2, 0) is 9.53 Å². The molecule has 118 valence electrons. The van der Waals surface area contributed by atoms with Crippen molar-refractivity contribution in [2.45, 2.75) is 25.8 Å². The van der Waals surface area contributed by atoms with Crippen molar-refractivity contribution in [3.05, 3.63) is 65.7 Å². The fraction of sp³-hybridized carbons (Fsp3) is 0.263. The summed E-state index contributed by atoms with van der Waals surface area (Å²) in [6.45, 7) is 2.04. The van der Waals surface area contributed by atoms with Crippen LogP contribution in [0.2, 0.25) is 0 Å². The first kappa shape index (κ1) is 15.3. The lowest BCUT2D eigenvalue weighted by Crippen LogP contribution is -2.42. The zero-order valence-electron chi connectivity index (χ0n) is 13.4. The molecule has 0 bridgehead atoms. The lowest BCUT2D eigenvalue weighted by Gasteiger charge is -2.32. The zero-order chi connectivity index (χ0) is 16.2. The van der Waals surface area contributed by atoms with E-state index in [1.807, 2.05) is 61.5 Å². The Morgan fingerprint density at radius 3 is 2.48 bits per heavy atom. The highest BCUT2D eigenvalue weighted by Crippen LogP contribution is 2.27. The van der Waals surface area contributed by atoms with Gasteiger partial charge in [-0.2, -0.15) is 5.10 Å². The first-order chi connectivity index (χ1) is 11.2. The normalized spacial score (nSPS) is 17.6. The number of esters is 1. The molecule has 2 aromatic carbocycles. The Morgan fingerprint density at radius 2 is 1.83 bits per heavy atom. The number of hydrazone groups is 1. The van der Waals surface area contributed by atoms with Gasteiger partial charge in [0.2, 0.25) is 0 Å². The van der Waals surface area contributed by atoms with Crippen LogP contribution in [0.1, 0.15) is 24.0 Å². The van der Waals surface area contributed by atoms with Gasteiger partial charge in [-0.05, 0) is 37.5 Å². The molecule has 0 N–H and O–H groups in total. The van der Waals surface area contributed by atoms with E-state index in [0.717, 1.165) is 23.4 Å². The molecule has 1 aliphatic heterocycles. The number of rotatable bonds is 3. The zero-order valence-corrected chi connectivity index (χ0v) is 13.4. The third-order valence-electron chi connectivity index (χ3n) is 4.06. The van der Waals surface area contributed by atoms with Gasteiger partial charge < -0.3 is 4.74 Å². The van der Waals surface area contributed by atoms with E-state index in [0.29, 0.717) is 6.42 Å². The topological polar surface area (TPSA) is 41.9 Å². The average Bonchev–Trinajstić information content (AvgIpc) is 2.62. The molecule has 4 nitrogen and oxygen atoms in total. The average molecular weight is 308 g/mol. The van der Waals surface area contributed by atoms with Gasteiger partial charge in [0.05, 0.1) is 18.5 Å². The molecule has 0 fully saturated rings. The molecule has 0 saturated carbocycles. The summed E-state index contributed by atoms with van der Waals surface area (Å²) < 4.78 is 4.96. The van der Waals surface area contributed by atoms with E-state index < -0.39 is 0 Å². The monoisotopic (exact) mass is 308 g/mol. The highest BCUT2D eigenvalue weighted by atomic mass is 16.5. The smallest absolute Gasteiger partial charge is 0.330 e. The van der Waals surface area contributed by atoms with Gasteiger partial charge in [-0.25, -0.2) is 4.79 Å². The van der Waals surface area contributed by atoms with Crippen molar-refractivity contribution in [2.75, 3.05) is 12.1 Å². The molecule has 1 unspecified atom stereocenters. The SMILES string of the molecule is COC(=O)C1CCC(c2ccccc2)=NN1c1ccc(C)cc1. The second-order valence-electron chi connectivity index (χ2n) is 5.67. The lowest BCUT2D eigenvalue weighted by molar-refractivity contribution is -0.142. The van der Waals surface area contributed by atoms with E-state index in [1.54, 1.807) is 5.01 Å². The minimum Gasteiger partial charge on any atom is -0.467 e. The summed E-state index contributed by atoms with van der Waals surface area (Å²) in [5.74, 6) is -0.249. The maximum Gasteiger partial charge on any atom is 0.330 e. The molecule has 0 spiro atoms. The van der Waals surface area contributed by atoms with E-state index in [2.05, 4.69) is 0 Å². The minimum absolute atomic E-state index is 0.249. The molecule has 0 radical (unpaired) electrons. The van der Waals surface area contributed by atoms with Crippen molar-refractivity contribution in [3.8, 4) is 0 Å². The van der Waals surface area contributed by atoms with Crippen LogP contribution in [0.25, 0.3) is 0 Å². The molecular weight excluding hydrogens is 288 g/mol. The molecule has 4 heteroatoms. The molecule has 1 aliphatic rings. The van der Waals surface area contributed by atoms with Gasteiger partial charge in [-0.15, -0.1) is 0 Å². The number of carbonyl (C=O) groups is 1. The summed E-state index contributed by atoms with van der Waals surface area (Å²) in [6.07, 6.45) is 1.44. The van der Waals surface area contributed by atoms with Crippen LogP contribution in [0.3, 0.4) is 0 Å². The molecule has 1 heterocycles. The summed E-state index contributed by atoms with van der Waals surface area (Å²) in [4.78, 5) is 12.1. The quantitative estimate of drug-likeness (QED) is 0.814. The predicted octanol–water partition coefficient (Wildman–Crippen LogP) is 3.54. The van der Waals surface area contributed by atoms with Crippen molar-refractivity contribution in [3.63, 3.8) is 0 Å². The Labute approximate surface area is 136 Å². The van der Waals surface area contributed by atoms with E-state index in [1.165, 1.54) is 12.7 Å². The largest absolute Gasteiger partial charge is 0.467 e. The third-order valence-corrected chi connectivity index (χ3v) is 4.06. The molecule has 1 atom stereocenters. The van der Waals surface area contributed by atoms with Gasteiger partial charge in [0, 0.05) is 0 Å². The van der Waals surface area contributed by atoms with Gasteiger partial charge >= 0.3 is 5.97 Å². The van der Waals surface area contributed by atoms with Gasteiger partial charge in [0.25, 0.3) is 0 Å². The Hall–Kier alpha value is -2.62. The van der Waals surface area contributed by atoms with Gasteiger partial charge in [0.15, 0.2) is 6.04 Å². The van der Waals surface area contributed by atoms with E-state index in [4.69, 9.17) is 9.84 Å². The summed E-state index contributed by atoms with van der Waals surface area (Å²) in [5.41, 5.74) is 4.16. The van der Waals surface area contributed by atoms with Gasteiger partial charge in [0.1, 0.15) is 0 Å². The Morgan fingerprint density at radius 1 is 1.13 bits per heavy atom. The van der Waals surface area contributed by atoms with Crippen molar-refractivity contribution in [1.29, 1.82) is 0 Å². The predicted molar refractivity (Wildman–Crippen MR) is 91.7 cm³/mol. The molecule has 0 saturated heterocycles. The number of carbonyl (C=O) groups excluding carboxylic acids is 1. The number of methoxy groups -OCH3 is 1. The first-order valence-electron chi connectivity index (χ1n) is 7.75. The first-order valence-corrected chi connectivity index (χ1v) is 7.75. The van der Waals surface area contributed by atoms with Crippen molar-refractivity contribution in [2.24, 2.45) is 5.10 Å². The van der Waals surface area contributed by atoms with Crippen LogP contribution in [0, 0.1) is 6.92 Å². The van der Waals surface area contributed by atoms with E-state index in [-0.39, 0.29) is 12.0 Å². The highest BCUT2D eigenvalue weighted by Gasteiger charge is 2.31. The third kappa shape index (κ3) is 3.26. The number of anilines is 1. The number of hydrogen-bond donors (Lipinski definition) is 0. The summed E-state index contributed by atoms with van der Waals surface area (Å²) >= 11 is 0. The van der Waals surface area contributed by atoms with Gasteiger partial charge in [-0.3, -0.25) is 5.01 Å². The lowest BCUT2D eigenvalue weighted by atomic mass is 10.00. The fourth-order valence-corrected chi connectivity index (χ4v) is 2.77. The number of hydrogen-bond acceptors (Lipinski definition) is 4. The van der Waals surface area contributed by atoms with Gasteiger partial charge in [-0.1, -0.05) is 48.0 Å². The fourth-order valence-electron chi connectivity index (χ4n) is 2.77. The number of aryl methyl sites for hydroxylation is 1. The minimum atomic E-state index is -0.379. The summed E-state index contributed by atoms with van der Waals surface area (Å²) in [7, 11) is 1.42. The van der Waals surface area contributed by atoms with E-state index in [9.17, 15) is 4.79 Å². The number of ether oxygens (including phenoxy) is 1. The van der Waals surface area contributed by atoms with Crippen LogP contribution >= 0.6 is 0 Å². The van der Waals surface area contributed by atoms with Crippen molar-refractivity contribution in [1.82, 2.24) is 0 Å². The Bertz CT molecular complexity index is 708. The molecule has 2 aromatic rings. The molecule has 0 amide bonds. The molecule has 23 heavy (non-hydrogen) atoms.